The Balaban J connectivity index is 1.18. The molecule has 0 spiro atoms. The van der Waals surface area contributed by atoms with Crippen LogP contribution in [-0.4, -0.2) is 41.3 Å². The molecular weight excluding hydrogens is 448 g/mol. The number of ether oxygens (including phenoxy) is 1. The van der Waals surface area contributed by atoms with Crippen LogP contribution in [0.5, 0.6) is 0 Å². The molecule has 0 aromatic heterocycles. The van der Waals surface area contributed by atoms with Crippen molar-refractivity contribution in [2.45, 2.75) is 89.8 Å². The lowest BCUT2D eigenvalue weighted by Gasteiger charge is -2.57. The number of carbonyl (C=O) groups is 1. The van der Waals surface area contributed by atoms with E-state index in [2.05, 4.69) is 24.8 Å². The number of benzene rings is 1. The van der Waals surface area contributed by atoms with Gasteiger partial charge in [-0.15, -0.1) is 0 Å². The summed E-state index contributed by atoms with van der Waals surface area (Å²) in [5, 5.41) is 20.3. The summed E-state index contributed by atoms with van der Waals surface area (Å²) < 4.78 is 5.36. The number of hydrogen-bond donors (Lipinski definition) is 1. The molecule has 6 rings (SSSR count). The molecule has 1 aliphatic heterocycles. The normalized spacial score (nSPS) is 42.2. The van der Waals surface area contributed by atoms with Crippen LogP contribution < -0.4 is 0 Å². The highest BCUT2D eigenvalue weighted by Crippen LogP contribution is 2.65. The first-order valence-electron chi connectivity index (χ1n) is 14.3. The van der Waals surface area contributed by atoms with E-state index < -0.39 is 5.60 Å². The summed E-state index contributed by atoms with van der Waals surface area (Å²) in [5.74, 6) is 4.48. The zero-order valence-electron chi connectivity index (χ0n) is 22.2. The quantitative estimate of drug-likeness (QED) is 0.601. The first-order chi connectivity index (χ1) is 17.3. The van der Waals surface area contributed by atoms with E-state index in [9.17, 15) is 15.2 Å². The molecule has 1 amide bonds. The highest BCUT2D eigenvalue weighted by atomic mass is 16.5. The molecule has 36 heavy (non-hydrogen) atoms. The number of methoxy groups -OCH3 is 1. The van der Waals surface area contributed by atoms with Gasteiger partial charge in [-0.05, 0) is 129 Å². The predicted molar refractivity (Wildman–Crippen MR) is 138 cm³/mol. The van der Waals surface area contributed by atoms with Crippen molar-refractivity contribution in [2.75, 3.05) is 13.7 Å². The lowest BCUT2D eigenvalue weighted by atomic mass is 9.48. The minimum Gasteiger partial charge on any atom is -0.387 e. The van der Waals surface area contributed by atoms with Crippen molar-refractivity contribution in [3.05, 3.63) is 34.9 Å². The number of nitriles is 1. The Bertz CT molecular complexity index is 1080. The van der Waals surface area contributed by atoms with Crippen LogP contribution in [0.1, 0.15) is 93.1 Å². The van der Waals surface area contributed by atoms with Crippen LogP contribution in [-0.2, 0) is 11.3 Å². The topological polar surface area (TPSA) is 73.6 Å². The fourth-order valence-corrected chi connectivity index (χ4v) is 10.2. The lowest BCUT2D eigenvalue weighted by molar-refractivity contribution is -0.126. The molecule has 5 nitrogen and oxygen atoms in total. The number of rotatable bonds is 4. The van der Waals surface area contributed by atoms with Gasteiger partial charge in [0.1, 0.15) is 0 Å². The van der Waals surface area contributed by atoms with E-state index >= 15 is 0 Å². The van der Waals surface area contributed by atoms with Gasteiger partial charge >= 0.3 is 0 Å². The van der Waals surface area contributed by atoms with Gasteiger partial charge in [-0.3, -0.25) is 4.79 Å². The molecule has 0 radical (unpaired) electrons. The molecule has 4 saturated carbocycles. The maximum absolute atomic E-state index is 13.4. The summed E-state index contributed by atoms with van der Waals surface area (Å²) in [4.78, 5) is 15.5. The van der Waals surface area contributed by atoms with E-state index in [-0.39, 0.29) is 11.9 Å². The van der Waals surface area contributed by atoms with E-state index in [0.29, 0.717) is 36.0 Å². The summed E-state index contributed by atoms with van der Waals surface area (Å²) in [6, 6.07) is 7.97. The van der Waals surface area contributed by atoms with Gasteiger partial charge in [0, 0.05) is 25.3 Å². The average Bonchev–Trinajstić information content (AvgIpc) is 3.39. The van der Waals surface area contributed by atoms with Crippen molar-refractivity contribution in [1.82, 2.24) is 4.90 Å². The van der Waals surface area contributed by atoms with Crippen molar-refractivity contribution in [3.8, 4) is 6.07 Å². The van der Waals surface area contributed by atoms with Gasteiger partial charge in [-0.25, -0.2) is 0 Å². The van der Waals surface area contributed by atoms with E-state index in [1.165, 1.54) is 38.5 Å². The van der Waals surface area contributed by atoms with Gasteiger partial charge < -0.3 is 14.7 Å². The van der Waals surface area contributed by atoms with Gasteiger partial charge in [-0.1, -0.05) is 6.92 Å². The number of fused-ring (bicyclic) bond motifs is 6. The Morgan fingerprint density at radius 3 is 2.72 bits per heavy atom. The minimum absolute atomic E-state index is 0.147. The third-order valence-electron chi connectivity index (χ3n) is 11.7. The molecule has 0 saturated heterocycles. The molecule has 1 unspecified atom stereocenters. The van der Waals surface area contributed by atoms with Crippen LogP contribution in [0.4, 0.5) is 0 Å². The Morgan fingerprint density at radius 1 is 1.14 bits per heavy atom. The monoisotopic (exact) mass is 490 g/mol. The molecule has 5 heteroatoms. The Hall–Kier alpha value is -1.90. The van der Waals surface area contributed by atoms with Crippen LogP contribution >= 0.6 is 0 Å². The van der Waals surface area contributed by atoms with Crippen LogP contribution in [0.15, 0.2) is 18.2 Å². The first kappa shape index (κ1) is 24.4. The van der Waals surface area contributed by atoms with Gasteiger partial charge in [-0.2, -0.15) is 5.26 Å². The highest BCUT2D eigenvalue weighted by Gasteiger charge is 2.59. The van der Waals surface area contributed by atoms with Crippen molar-refractivity contribution < 1.29 is 14.6 Å². The number of carbonyl (C=O) groups excluding carboxylic acids is 1. The van der Waals surface area contributed by atoms with Crippen LogP contribution in [0, 0.1) is 52.3 Å². The SMILES string of the molecule is COC[C@@]1(O)CC[C@H]2[C@H](CC[C@@H]3[C@@H]2CC[C@]2(C)[C@@H](C(C)N4Cc5cc(C#N)ccc5C4=O)CC[C@@H]32)C1. The fraction of sp³-hybridized carbons (Fsp3) is 0.742. The summed E-state index contributed by atoms with van der Waals surface area (Å²) in [6.45, 7) is 5.95. The summed E-state index contributed by atoms with van der Waals surface area (Å²) in [6.07, 6.45) is 10.6. The van der Waals surface area contributed by atoms with Crippen molar-refractivity contribution >= 4 is 5.91 Å². The summed E-state index contributed by atoms with van der Waals surface area (Å²) in [5.41, 5.74) is 2.12. The average molecular weight is 491 g/mol. The number of nitrogens with zero attached hydrogens (tertiary/aromatic N) is 2. The predicted octanol–water partition coefficient (Wildman–Crippen LogP) is 5.55. The van der Waals surface area contributed by atoms with Crippen molar-refractivity contribution in [2.24, 2.45) is 40.9 Å². The second kappa shape index (κ2) is 8.84. The van der Waals surface area contributed by atoms with Crippen LogP contribution in [0.3, 0.4) is 0 Å². The Kier molecular flexibility index (Phi) is 6.00. The zero-order valence-corrected chi connectivity index (χ0v) is 22.2. The molecular formula is C31H42N2O3. The fourth-order valence-electron chi connectivity index (χ4n) is 10.2. The molecule has 1 heterocycles. The Labute approximate surface area is 216 Å². The van der Waals surface area contributed by atoms with Crippen molar-refractivity contribution in [1.29, 1.82) is 5.26 Å². The second-order valence-corrected chi connectivity index (χ2v) is 13.2. The molecule has 0 bridgehead atoms. The number of hydrogen-bond acceptors (Lipinski definition) is 4. The lowest BCUT2D eigenvalue weighted by Crippen LogP contribution is -2.53. The number of aliphatic hydroxyl groups is 1. The van der Waals surface area contributed by atoms with Crippen LogP contribution in [0.2, 0.25) is 0 Å². The molecule has 4 fully saturated rings. The molecule has 1 N–H and O–H groups in total. The second-order valence-electron chi connectivity index (χ2n) is 13.2. The van der Waals surface area contributed by atoms with Gasteiger partial charge in [0.05, 0.1) is 23.8 Å². The molecule has 1 aromatic rings. The highest BCUT2D eigenvalue weighted by molar-refractivity contribution is 5.98. The van der Waals surface area contributed by atoms with E-state index in [1.54, 1.807) is 13.2 Å². The standard InChI is InChI=1S/C31H42N2O3/c1-19(33-17-22-14-20(16-32)4-6-24(22)29(33)34)27-8-9-28-26-7-5-21-15-31(35,18-36-3)13-11-23(21)25(26)10-12-30(27,28)2/h4,6,14,19,21,23,25-28,35H,5,7-13,15,17-18H2,1-3H3/t19?,21-,23+,25-,26-,27-,28+,30-,31-/m1/s1. The van der Waals surface area contributed by atoms with Gasteiger partial charge in [0.15, 0.2) is 0 Å². The van der Waals surface area contributed by atoms with E-state index in [1.807, 2.05) is 12.1 Å². The summed E-state index contributed by atoms with van der Waals surface area (Å²) >= 11 is 0. The maximum atomic E-state index is 13.4. The Morgan fingerprint density at radius 2 is 1.94 bits per heavy atom. The third kappa shape index (κ3) is 3.66. The molecule has 1 aromatic carbocycles. The number of amides is 1. The molecule has 9 atom stereocenters. The molecule has 4 aliphatic carbocycles. The smallest absolute Gasteiger partial charge is 0.254 e. The van der Waals surface area contributed by atoms with E-state index in [0.717, 1.165) is 54.1 Å². The molecule has 194 valence electrons. The van der Waals surface area contributed by atoms with E-state index in [4.69, 9.17) is 4.74 Å². The largest absolute Gasteiger partial charge is 0.387 e. The molecule has 5 aliphatic rings. The van der Waals surface area contributed by atoms with Crippen molar-refractivity contribution in [3.63, 3.8) is 0 Å². The van der Waals surface area contributed by atoms with Crippen LogP contribution in [0.25, 0.3) is 0 Å². The first-order valence-corrected chi connectivity index (χ1v) is 14.3. The zero-order chi connectivity index (χ0) is 25.2. The minimum atomic E-state index is -0.617. The third-order valence-corrected chi connectivity index (χ3v) is 11.7. The summed E-state index contributed by atoms with van der Waals surface area (Å²) in [7, 11) is 1.71. The van der Waals surface area contributed by atoms with Gasteiger partial charge in [0.2, 0.25) is 0 Å². The van der Waals surface area contributed by atoms with Gasteiger partial charge in [0.25, 0.3) is 5.91 Å². The maximum Gasteiger partial charge on any atom is 0.254 e.